The van der Waals surface area contributed by atoms with Crippen molar-refractivity contribution in [3.8, 4) is 5.75 Å². The predicted octanol–water partition coefficient (Wildman–Crippen LogP) is 2.46. The molecule has 158 valence electrons. The smallest absolute Gasteiger partial charge is 0.240 e. The Balaban J connectivity index is 1.80. The minimum absolute atomic E-state index is 0.249. The molecule has 0 saturated carbocycles. The number of nitrogens with one attached hydrogen (secondary N) is 3. The van der Waals surface area contributed by atoms with Crippen LogP contribution < -0.4 is 20.1 Å². The molecule has 2 rings (SSSR count). The Labute approximate surface area is 173 Å². The van der Waals surface area contributed by atoms with E-state index in [1.807, 2.05) is 12.1 Å². The zero-order chi connectivity index (χ0) is 21.3. The van der Waals surface area contributed by atoms with Crippen LogP contribution in [0.5, 0.6) is 5.75 Å². The standard InChI is InChI=1S/C21H30N4O3S/c1-16(18-7-9-19(28-4)10-8-18)13-14-24-21(22-2)25-15-17-5-11-20(12-6-17)29(26,27)23-3/h5-12,16,23H,13-15H2,1-4H3,(H2,22,24,25). The molecular weight excluding hydrogens is 388 g/mol. The van der Waals surface area contributed by atoms with Crippen molar-refractivity contribution in [2.75, 3.05) is 27.7 Å². The van der Waals surface area contributed by atoms with Gasteiger partial charge in [-0.05, 0) is 54.8 Å². The van der Waals surface area contributed by atoms with Crippen molar-refractivity contribution >= 4 is 16.0 Å². The predicted molar refractivity (Wildman–Crippen MR) is 117 cm³/mol. The van der Waals surface area contributed by atoms with Gasteiger partial charge in [-0.1, -0.05) is 31.2 Å². The summed E-state index contributed by atoms with van der Waals surface area (Å²) in [6, 6.07) is 14.9. The lowest BCUT2D eigenvalue weighted by molar-refractivity contribution is 0.414. The topological polar surface area (TPSA) is 91.8 Å². The Morgan fingerprint density at radius 3 is 2.28 bits per heavy atom. The summed E-state index contributed by atoms with van der Waals surface area (Å²) in [7, 11) is 1.38. The summed E-state index contributed by atoms with van der Waals surface area (Å²) in [6.45, 7) is 3.53. The highest BCUT2D eigenvalue weighted by atomic mass is 32.2. The van der Waals surface area contributed by atoms with Gasteiger partial charge >= 0.3 is 0 Å². The molecule has 3 N–H and O–H groups in total. The molecule has 0 radical (unpaired) electrons. The third-order valence-corrected chi connectivity index (χ3v) is 6.17. The largest absolute Gasteiger partial charge is 0.497 e. The molecule has 2 aromatic carbocycles. The lowest BCUT2D eigenvalue weighted by atomic mass is 9.98. The van der Waals surface area contributed by atoms with Gasteiger partial charge in [0.1, 0.15) is 5.75 Å². The highest BCUT2D eigenvalue weighted by Gasteiger charge is 2.10. The second-order valence-electron chi connectivity index (χ2n) is 6.67. The van der Waals surface area contributed by atoms with E-state index in [4.69, 9.17) is 4.74 Å². The van der Waals surface area contributed by atoms with Gasteiger partial charge < -0.3 is 15.4 Å². The maximum atomic E-state index is 11.8. The average Bonchev–Trinajstić information content (AvgIpc) is 2.76. The van der Waals surface area contributed by atoms with E-state index < -0.39 is 10.0 Å². The van der Waals surface area contributed by atoms with Crippen LogP contribution in [0.4, 0.5) is 0 Å². The number of sulfonamides is 1. The Kier molecular flexibility index (Phi) is 8.48. The van der Waals surface area contributed by atoms with Crippen LogP contribution in [0, 0.1) is 0 Å². The van der Waals surface area contributed by atoms with Crippen molar-refractivity contribution in [2.45, 2.75) is 30.7 Å². The van der Waals surface area contributed by atoms with E-state index in [1.54, 1.807) is 38.4 Å². The molecular formula is C21H30N4O3S. The second kappa shape index (κ2) is 10.8. The summed E-state index contributed by atoms with van der Waals surface area (Å²) in [5, 5.41) is 6.56. The van der Waals surface area contributed by atoms with Crippen molar-refractivity contribution in [3.63, 3.8) is 0 Å². The monoisotopic (exact) mass is 418 g/mol. The van der Waals surface area contributed by atoms with Crippen molar-refractivity contribution in [1.82, 2.24) is 15.4 Å². The van der Waals surface area contributed by atoms with Gasteiger partial charge in [-0.2, -0.15) is 0 Å². The third kappa shape index (κ3) is 6.76. The Bertz CT molecular complexity index is 895. The molecule has 0 saturated heterocycles. The van der Waals surface area contributed by atoms with Crippen LogP contribution >= 0.6 is 0 Å². The molecule has 0 fully saturated rings. The van der Waals surface area contributed by atoms with Gasteiger partial charge in [-0.3, -0.25) is 4.99 Å². The quantitative estimate of drug-likeness (QED) is 0.430. The van der Waals surface area contributed by atoms with Crippen LogP contribution in [0.15, 0.2) is 58.4 Å². The maximum Gasteiger partial charge on any atom is 0.240 e. The van der Waals surface area contributed by atoms with Gasteiger partial charge in [-0.25, -0.2) is 13.1 Å². The molecule has 2 aromatic rings. The van der Waals surface area contributed by atoms with Gasteiger partial charge in [0.25, 0.3) is 0 Å². The van der Waals surface area contributed by atoms with Crippen LogP contribution in [0.3, 0.4) is 0 Å². The minimum atomic E-state index is -3.41. The van der Waals surface area contributed by atoms with Crippen LogP contribution in [0.25, 0.3) is 0 Å². The first-order valence-electron chi connectivity index (χ1n) is 9.50. The fourth-order valence-electron chi connectivity index (χ4n) is 2.82. The van der Waals surface area contributed by atoms with Gasteiger partial charge in [0.2, 0.25) is 10.0 Å². The van der Waals surface area contributed by atoms with Crippen molar-refractivity contribution < 1.29 is 13.2 Å². The highest BCUT2D eigenvalue weighted by Crippen LogP contribution is 2.21. The molecule has 1 atom stereocenters. The Morgan fingerprint density at radius 2 is 1.72 bits per heavy atom. The molecule has 0 aliphatic rings. The minimum Gasteiger partial charge on any atom is -0.497 e. The number of nitrogens with zero attached hydrogens (tertiary/aromatic N) is 1. The summed E-state index contributed by atoms with van der Waals surface area (Å²) in [4.78, 5) is 4.49. The van der Waals surface area contributed by atoms with E-state index in [2.05, 4.69) is 39.4 Å². The van der Waals surface area contributed by atoms with Gasteiger partial charge in [0, 0.05) is 20.1 Å². The molecule has 0 spiro atoms. The van der Waals surface area contributed by atoms with E-state index in [-0.39, 0.29) is 4.90 Å². The Hall–Kier alpha value is -2.58. The SMILES string of the molecule is CN=C(NCCC(C)c1ccc(OC)cc1)NCc1ccc(S(=O)(=O)NC)cc1. The second-order valence-corrected chi connectivity index (χ2v) is 8.55. The highest BCUT2D eigenvalue weighted by molar-refractivity contribution is 7.89. The van der Waals surface area contributed by atoms with Crippen molar-refractivity contribution in [3.05, 3.63) is 59.7 Å². The van der Waals surface area contributed by atoms with Crippen molar-refractivity contribution in [2.24, 2.45) is 4.99 Å². The number of hydrogen-bond acceptors (Lipinski definition) is 4. The first-order valence-corrected chi connectivity index (χ1v) is 11.0. The van der Waals surface area contributed by atoms with E-state index in [0.717, 1.165) is 24.3 Å². The van der Waals surface area contributed by atoms with Gasteiger partial charge in [0.15, 0.2) is 5.96 Å². The lowest BCUT2D eigenvalue weighted by Crippen LogP contribution is -2.37. The van der Waals surface area contributed by atoms with E-state index in [1.165, 1.54) is 12.6 Å². The number of aliphatic imine (C=N–C) groups is 1. The summed E-state index contributed by atoms with van der Waals surface area (Å²) in [5.41, 5.74) is 2.24. The van der Waals surface area contributed by atoms with Crippen LogP contribution in [-0.2, 0) is 16.6 Å². The average molecular weight is 419 g/mol. The fourth-order valence-corrected chi connectivity index (χ4v) is 3.55. The number of benzene rings is 2. The first-order chi connectivity index (χ1) is 13.9. The van der Waals surface area contributed by atoms with E-state index in [0.29, 0.717) is 18.4 Å². The molecule has 0 aliphatic carbocycles. The molecule has 0 amide bonds. The van der Waals surface area contributed by atoms with Crippen LogP contribution in [-0.4, -0.2) is 42.1 Å². The first kappa shape index (κ1) is 22.7. The van der Waals surface area contributed by atoms with Crippen molar-refractivity contribution in [1.29, 1.82) is 0 Å². The molecule has 7 nitrogen and oxygen atoms in total. The lowest BCUT2D eigenvalue weighted by Gasteiger charge is -2.15. The molecule has 0 aliphatic heterocycles. The normalized spacial score (nSPS) is 13.0. The zero-order valence-corrected chi connectivity index (χ0v) is 18.2. The van der Waals surface area contributed by atoms with Crippen LogP contribution in [0.1, 0.15) is 30.4 Å². The molecule has 0 bridgehead atoms. The molecule has 8 heteroatoms. The molecule has 0 aromatic heterocycles. The molecule has 0 heterocycles. The number of guanidine groups is 1. The Morgan fingerprint density at radius 1 is 1.07 bits per heavy atom. The fraction of sp³-hybridized carbons (Fsp3) is 0.381. The molecule has 29 heavy (non-hydrogen) atoms. The summed E-state index contributed by atoms with van der Waals surface area (Å²) in [6.07, 6.45) is 0.962. The summed E-state index contributed by atoms with van der Waals surface area (Å²) < 4.78 is 31.0. The van der Waals surface area contributed by atoms with E-state index >= 15 is 0 Å². The van der Waals surface area contributed by atoms with Crippen LogP contribution in [0.2, 0.25) is 0 Å². The zero-order valence-electron chi connectivity index (χ0n) is 17.4. The van der Waals surface area contributed by atoms with E-state index in [9.17, 15) is 8.42 Å². The molecule has 1 unspecified atom stereocenters. The number of methoxy groups -OCH3 is 1. The summed E-state index contributed by atoms with van der Waals surface area (Å²) >= 11 is 0. The number of rotatable bonds is 9. The van der Waals surface area contributed by atoms with Gasteiger partial charge in [0.05, 0.1) is 12.0 Å². The summed E-state index contributed by atoms with van der Waals surface area (Å²) in [5.74, 6) is 1.98. The number of ether oxygens (including phenoxy) is 1. The maximum absolute atomic E-state index is 11.8. The van der Waals surface area contributed by atoms with Gasteiger partial charge in [-0.15, -0.1) is 0 Å². The third-order valence-electron chi connectivity index (χ3n) is 4.74. The number of hydrogen-bond donors (Lipinski definition) is 3.